The van der Waals surface area contributed by atoms with Crippen molar-refractivity contribution in [1.29, 1.82) is 0 Å². The molecule has 0 aliphatic rings. The summed E-state index contributed by atoms with van der Waals surface area (Å²) in [6, 6.07) is 14.2. The molecule has 0 amide bonds. The maximum atomic E-state index is 12.8. The number of aromatic nitrogens is 1. The zero-order chi connectivity index (χ0) is 12.4. The quantitative estimate of drug-likeness (QED) is 0.739. The van der Waals surface area contributed by atoms with Crippen LogP contribution in [0.2, 0.25) is 0 Å². The van der Waals surface area contributed by atoms with Crippen molar-refractivity contribution in [2.75, 3.05) is 0 Å². The molecule has 18 heavy (non-hydrogen) atoms. The zero-order valence-electron chi connectivity index (χ0n) is 9.69. The largest absolute Gasteiger partial charge is 0.488 e. The Bertz CT molecular complexity index is 658. The van der Waals surface area contributed by atoms with Gasteiger partial charge in [0.1, 0.15) is 18.2 Å². The van der Waals surface area contributed by atoms with E-state index in [-0.39, 0.29) is 5.82 Å². The molecule has 2 nitrogen and oxygen atoms in total. The average Bonchev–Trinajstić information content (AvgIpc) is 2.87. The van der Waals surface area contributed by atoms with Crippen LogP contribution in [0.1, 0.15) is 5.56 Å². The number of rotatable bonds is 3. The highest BCUT2D eigenvalue weighted by Crippen LogP contribution is 2.25. The Morgan fingerprint density at radius 2 is 1.83 bits per heavy atom. The topological polar surface area (TPSA) is 25.0 Å². The first-order valence-electron chi connectivity index (χ1n) is 5.76. The highest BCUT2D eigenvalue weighted by molar-refractivity contribution is 5.85. The maximum absolute atomic E-state index is 12.8. The monoisotopic (exact) mass is 241 g/mol. The number of hydrogen-bond donors (Lipinski definition) is 1. The van der Waals surface area contributed by atoms with Crippen LogP contribution in [0.5, 0.6) is 5.75 Å². The molecule has 3 rings (SSSR count). The van der Waals surface area contributed by atoms with Crippen molar-refractivity contribution in [3.63, 3.8) is 0 Å². The summed E-state index contributed by atoms with van der Waals surface area (Å²) in [5, 5.41) is 1.06. The summed E-state index contributed by atoms with van der Waals surface area (Å²) in [4.78, 5) is 3.14. The fourth-order valence-corrected chi connectivity index (χ4v) is 1.92. The van der Waals surface area contributed by atoms with Gasteiger partial charge in [0, 0.05) is 17.1 Å². The smallest absolute Gasteiger partial charge is 0.129 e. The minimum Gasteiger partial charge on any atom is -0.488 e. The summed E-state index contributed by atoms with van der Waals surface area (Å²) in [6.45, 7) is 0.435. The number of fused-ring (bicyclic) bond motifs is 1. The number of H-pyrrole nitrogens is 1. The Labute approximate surface area is 104 Å². The van der Waals surface area contributed by atoms with Crippen LogP contribution in [0.15, 0.2) is 54.7 Å². The van der Waals surface area contributed by atoms with Crippen LogP contribution in [0.4, 0.5) is 4.39 Å². The third kappa shape index (κ3) is 2.07. The molecular formula is C15H12FNO. The summed E-state index contributed by atoms with van der Waals surface area (Å²) in [5.74, 6) is 0.601. The zero-order valence-corrected chi connectivity index (χ0v) is 9.69. The number of hydrogen-bond acceptors (Lipinski definition) is 1. The van der Waals surface area contributed by atoms with Gasteiger partial charge in [0.2, 0.25) is 0 Å². The first kappa shape index (κ1) is 10.8. The van der Waals surface area contributed by atoms with Gasteiger partial charge < -0.3 is 9.72 Å². The van der Waals surface area contributed by atoms with Crippen LogP contribution >= 0.6 is 0 Å². The molecule has 90 valence electrons. The predicted molar refractivity (Wildman–Crippen MR) is 69.0 cm³/mol. The molecule has 1 heterocycles. The molecule has 2 aromatic carbocycles. The predicted octanol–water partition coefficient (Wildman–Crippen LogP) is 3.89. The minimum absolute atomic E-state index is 0.230. The Balaban J connectivity index is 1.80. The molecular weight excluding hydrogens is 229 g/mol. The molecule has 3 heteroatoms. The molecule has 0 saturated carbocycles. The van der Waals surface area contributed by atoms with Crippen LogP contribution in [-0.4, -0.2) is 4.98 Å². The molecule has 0 unspecified atom stereocenters. The Morgan fingerprint density at radius 3 is 2.67 bits per heavy atom. The second kappa shape index (κ2) is 4.53. The molecule has 0 bridgehead atoms. The van der Waals surface area contributed by atoms with E-state index in [2.05, 4.69) is 4.98 Å². The van der Waals surface area contributed by atoms with Gasteiger partial charge >= 0.3 is 0 Å². The van der Waals surface area contributed by atoms with E-state index >= 15 is 0 Å². The summed E-state index contributed by atoms with van der Waals surface area (Å²) >= 11 is 0. The molecule has 1 aromatic heterocycles. The van der Waals surface area contributed by atoms with Crippen molar-refractivity contribution >= 4 is 10.9 Å². The lowest BCUT2D eigenvalue weighted by molar-refractivity contribution is 0.310. The number of halogens is 1. The van der Waals surface area contributed by atoms with Crippen LogP contribution in [0, 0.1) is 5.82 Å². The SMILES string of the molecule is Fc1ccc(COc2cccc3[nH]ccc23)cc1. The first-order valence-corrected chi connectivity index (χ1v) is 5.76. The summed E-state index contributed by atoms with van der Waals surface area (Å²) in [5.41, 5.74) is 2.00. The third-order valence-electron chi connectivity index (χ3n) is 2.86. The fraction of sp³-hybridized carbons (Fsp3) is 0.0667. The van der Waals surface area contributed by atoms with E-state index in [1.54, 1.807) is 12.1 Å². The van der Waals surface area contributed by atoms with E-state index in [0.717, 1.165) is 22.2 Å². The van der Waals surface area contributed by atoms with Crippen molar-refractivity contribution in [2.45, 2.75) is 6.61 Å². The Morgan fingerprint density at radius 1 is 1.00 bits per heavy atom. The second-order valence-electron chi connectivity index (χ2n) is 4.11. The second-order valence-corrected chi connectivity index (χ2v) is 4.11. The van der Waals surface area contributed by atoms with Crippen LogP contribution in [0.3, 0.4) is 0 Å². The lowest BCUT2D eigenvalue weighted by Gasteiger charge is -2.07. The fourth-order valence-electron chi connectivity index (χ4n) is 1.92. The van der Waals surface area contributed by atoms with Gasteiger partial charge in [0.15, 0.2) is 0 Å². The van der Waals surface area contributed by atoms with Gasteiger partial charge in [-0.05, 0) is 35.9 Å². The molecule has 0 radical (unpaired) electrons. The molecule has 0 saturated heterocycles. The van der Waals surface area contributed by atoms with Crippen LogP contribution in [0.25, 0.3) is 10.9 Å². The van der Waals surface area contributed by atoms with Gasteiger partial charge in [-0.1, -0.05) is 18.2 Å². The van der Waals surface area contributed by atoms with Gasteiger partial charge in [-0.2, -0.15) is 0 Å². The van der Waals surface area contributed by atoms with Crippen LogP contribution < -0.4 is 4.74 Å². The molecule has 0 spiro atoms. The minimum atomic E-state index is -0.230. The van der Waals surface area contributed by atoms with Crippen molar-refractivity contribution in [3.8, 4) is 5.75 Å². The molecule has 0 aliphatic heterocycles. The van der Waals surface area contributed by atoms with E-state index in [1.807, 2.05) is 30.5 Å². The molecule has 0 aliphatic carbocycles. The Kier molecular flexibility index (Phi) is 2.73. The van der Waals surface area contributed by atoms with E-state index < -0.39 is 0 Å². The standard InChI is InChI=1S/C15H12FNO/c16-12-6-4-11(5-7-12)10-18-15-3-1-2-14-13(15)8-9-17-14/h1-9,17H,10H2. The van der Waals surface area contributed by atoms with Crippen molar-refractivity contribution in [1.82, 2.24) is 4.98 Å². The van der Waals surface area contributed by atoms with Gasteiger partial charge in [-0.15, -0.1) is 0 Å². The van der Waals surface area contributed by atoms with Gasteiger partial charge in [0.05, 0.1) is 0 Å². The average molecular weight is 241 g/mol. The number of ether oxygens (including phenoxy) is 1. The van der Waals surface area contributed by atoms with Crippen LogP contribution in [-0.2, 0) is 6.61 Å². The van der Waals surface area contributed by atoms with Crippen molar-refractivity contribution < 1.29 is 9.13 Å². The summed E-state index contributed by atoms with van der Waals surface area (Å²) in [7, 11) is 0. The van der Waals surface area contributed by atoms with E-state index in [1.165, 1.54) is 12.1 Å². The van der Waals surface area contributed by atoms with Crippen molar-refractivity contribution in [2.24, 2.45) is 0 Å². The number of aromatic amines is 1. The van der Waals surface area contributed by atoms with E-state index in [9.17, 15) is 4.39 Å². The lowest BCUT2D eigenvalue weighted by atomic mass is 10.2. The first-order chi connectivity index (χ1) is 8.83. The molecule has 1 N–H and O–H groups in total. The normalized spacial score (nSPS) is 10.7. The van der Waals surface area contributed by atoms with Gasteiger partial charge in [0.25, 0.3) is 0 Å². The van der Waals surface area contributed by atoms with E-state index in [0.29, 0.717) is 6.61 Å². The number of benzene rings is 2. The lowest BCUT2D eigenvalue weighted by Crippen LogP contribution is -1.95. The van der Waals surface area contributed by atoms with Gasteiger partial charge in [-0.25, -0.2) is 4.39 Å². The van der Waals surface area contributed by atoms with Crippen molar-refractivity contribution in [3.05, 3.63) is 66.1 Å². The molecule has 0 atom stereocenters. The third-order valence-corrected chi connectivity index (χ3v) is 2.86. The Hall–Kier alpha value is -2.29. The summed E-state index contributed by atoms with van der Waals surface area (Å²) in [6.07, 6.45) is 1.88. The summed E-state index contributed by atoms with van der Waals surface area (Å²) < 4.78 is 18.5. The highest BCUT2D eigenvalue weighted by atomic mass is 19.1. The molecule has 3 aromatic rings. The van der Waals surface area contributed by atoms with E-state index in [4.69, 9.17) is 4.74 Å². The highest BCUT2D eigenvalue weighted by Gasteiger charge is 2.02. The molecule has 0 fully saturated rings. The maximum Gasteiger partial charge on any atom is 0.129 e. The number of nitrogens with one attached hydrogen (secondary N) is 1. The van der Waals surface area contributed by atoms with Gasteiger partial charge in [-0.3, -0.25) is 0 Å².